The molecule has 0 aliphatic carbocycles. The molecule has 1 heterocycles. The van der Waals surface area contributed by atoms with Gasteiger partial charge in [-0.3, -0.25) is 0 Å². The summed E-state index contributed by atoms with van der Waals surface area (Å²) >= 11 is 0. The summed E-state index contributed by atoms with van der Waals surface area (Å²) in [6.45, 7) is 5.47. The quantitative estimate of drug-likeness (QED) is 0.468. The molecule has 11 heavy (non-hydrogen) atoms. The van der Waals surface area contributed by atoms with Crippen molar-refractivity contribution in [3.05, 3.63) is 12.8 Å². The van der Waals surface area contributed by atoms with Gasteiger partial charge in [0.15, 0.2) is 9.84 Å². The number of sulfone groups is 1. The topological polar surface area (TPSA) is 43.4 Å². The van der Waals surface area contributed by atoms with E-state index in [1.807, 2.05) is 6.92 Å². The average Bonchev–Trinajstić information content (AvgIpc) is 2.50. The minimum Gasteiger partial charge on any atom is -0.500 e. The molecule has 0 spiro atoms. The molecule has 1 aliphatic heterocycles. The summed E-state index contributed by atoms with van der Waals surface area (Å²) < 4.78 is 26.3. The molecule has 1 fully saturated rings. The first kappa shape index (κ1) is 8.59. The molecule has 0 aromatic carbocycles. The Balaban J connectivity index is 2.60. The second-order valence-corrected chi connectivity index (χ2v) is 5.16. The van der Waals surface area contributed by atoms with E-state index in [-0.39, 0.29) is 12.4 Å². The van der Waals surface area contributed by atoms with E-state index in [0.717, 1.165) is 0 Å². The fourth-order valence-electron chi connectivity index (χ4n) is 1.08. The third kappa shape index (κ3) is 1.27. The minimum atomic E-state index is -2.81. The molecule has 1 saturated heterocycles. The second-order valence-electron chi connectivity index (χ2n) is 2.77. The maximum atomic E-state index is 11.0. The van der Waals surface area contributed by atoms with Crippen molar-refractivity contribution in [1.82, 2.24) is 0 Å². The fourth-order valence-corrected chi connectivity index (χ4v) is 2.98. The van der Waals surface area contributed by atoms with Gasteiger partial charge in [-0.25, -0.2) is 8.42 Å². The molecule has 1 rings (SSSR count). The summed E-state index contributed by atoms with van der Waals surface area (Å²) in [6.07, 6.45) is 1.91. The predicted molar refractivity (Wildman–Crippen MR) is 43.0 cm³/mol. The van der Waals surface area contributed by atoms with Crippen LogP contribution in [0.25, 0.3) is 0 Å². The summed E-state index contributed by atoms with van der Waals surface area (Å²) in [5.74, 6) is 0.268. The Morgan fingerprint density at radius 3 is 2.55 bits per heavy atom. The van der Waals surface area contributed by atoms with E-state index in [0.29, 0.717) is 6.42 Å². The van der Waals surface area contributed by atoms with Gasteiger partial charge in [-0.2, -0.15) is 0 Å². The Kier molecular flexibility index (Phi) is 1.96. The fraction of sp³-hybridized carbons (Fsp3) is 0.714. The monoisotopic (exact) mass is 176 g/mol. The first-order valence-corrected chi connectivity index (χ1v) is 5.18. The third-order valence-corrected chi connectivity index (χ3v) is 4.59. The molecule has 0 bridgehead atoms. The van der Waals surface area contributed by atoms with Crippen molar-refractivity contribution in [2.24, 2.45) is 0 Å². The van der Waals surface area contributed by atoms with E-state index in [1.54, 1.807) is 0 Å². The van der Waals surface area contributed by atoms with Crippen LogP contribution in [-0.4, -0.2) is 25.5 Å². The average molecular weight is 176 g/mol. The Labute approximate surface area is 67.0 Å². The normalized spacial score (nSPS) is 32.8. The minimum absolute atomic E-state index is 0.259. The largest absolute Gasteiger partial charge is 0.500 e. The van der Waals surface area contributed by atoms with Crippen LogP contribution >= 0.6 is 0 Å². The Morgan fingerprint density at radius 2 is 2.27 bits per heavy atom. The van der Waals surface area contributed by atoms with Crippen molar-refractivity contribution in [3.8, 4) is 0 Å². The van der Waals surface area contributed by atoms with Gasteiger partial charge in [-0.1, -0.05) is 13.5 Å². The summed E-state index contributed by atoms with van der Waals surface area (Å²) in [7, 11) is -2.81. The summed E-state index contributed by atoms with van der Waals surface area (Å²) in [5.41, 5.74) is 0. The highest BCUT2D eigenvalue weighted by Crippen LogP contribution is 2.39. The predicted octanol–water partition coefficient (Wildman–Crippen LogP) is 0.724. The van der Waals surface area contributed by atoms with Crippen molar-refractivity contribution in [1.29, 1.82) is 0 Å². The van der Waals surface area contributed by atoms with E-state index in [4.69, 9.17) is 4.74 Å². The number of rotatable bonds is 4. The smallest absolute Gasteiger partial charge is 0.162 e. The van der Waals surface area contributed by atoms with Gasteiger partial charge in [0.1, 0.15) is 11.4 Å². The van der Waals surface area contributed by atoms with Crippen molar-refractivity contribution in [2.75, 3.05) is 12.4 Å². The van der Waals surface area contributed by atoms with Gasteiger partial charge >= 0.3 is 0 Å². The molecule has 0 aromatic heterocycles. The maximum Gasteiger partial charge on any atom is 0.162 e. The third-order valence-electron chi connectivity index (χ3n) is 2.13. The molecule has 0 amide bonds. The Hall–Kier alpha value is -0.510. The van der Waals surface area contributed by atoms with Gasteiger partial charge in [-0.05, 0) is 6.42 Å². The molecular weight excluding hydrogens is 164 g/mol. The molecule has 0 N–H and O–H groups in total. The molecular formula is C7H12O3S. The van der Waals surface area contributed by atoms with Crippen LogP contribution in [0.5, 0.6) is 0 Å². The SMILES string of the molecule is C=COCC1(CC)CS1(=O)=O. The summed E-state index contributed by atoms with van der Waals surface area (Å²) in [6, 6.07) is 0. The molecule has 0 saturated carbocycles. The van der Waals surface area contributed by atoms with E-state index >= 15 is 0 Å². The van der Waals surface area contributed by atoms with Crippen LogP contribution in [-0.2, 0) is 14.6 Å². The summed E-state index contributed by atoms with van der Waals surface area (Å²) in [4.78, 5) is 0. The lowest BCUT2D eigenvalue weighted by molar-refractivity contribution is 0.227. The van der Waals surface area contributed by atoms with Crippen molar-refractivity contribution < 1.29 is 13.2 Å². The first-order valence-electron chi connectivity index (χ1n) is 3.53. The molecule has 0 aromatic rings. The first-order chi connectivity index (χ1) is 5.08. The molecule has 1 unspecified atom stereocenters. The van der Waals surface area contributed by atoms with Gasteiger partial charge in [0.25, 0.3) is 0 Å². The molecule has 1 aliphatic rings. The zero-order valence-corrected chi connectivity index (χ0v) is 7.36. The van der Waals surface area contributed by atoms with Crippen LogP contribution < -0.4 is 0 Å². The van der Waals surface area contributed by atoms with Crippen LogP contribution in [0.2, 0.25) is 0 Å². The molecule has 0 radical (unpaired) electrons. The van der Waals surface area contributed by atoms with Crippen molar-refractivity contribution >= 4 is 9.84 Å². The maximum absolute atomic E-state index is 11.0. The van der Waals surface area contributed by atoms with Gasteiger partial charge in [0, 0.05) is 0 Å². The lowest BCUT2D eigenvalue weighted by Gasteiger charge is -2.06. The lowest BCUT2D eigenvalue weighted by Crippen LogP contribution is -2.18. The van der Waals surface area contributed by atoms with Crippen LogP contribution in [0, 0.1) is 0 Å². The van der Waals surface area contributed by atoms with Gasteiger partial charge in [0.2, 0.25) is 0 Å². The van der Waals surface area contributed by atoms with Crippen LogP contribution in [0.1, 0.15) is 13.3 Å². The Bertz CT molecular complexity index is 255. The number of hydrogen-bond donors (Lipinski definition) is 0. The zero-order chi connectivity index (χ0) is 8.54. The molecule has 64 valence electrons. The number of hydrogen-bond acceptors (Lipinski definition) is 3. The van der Waals surface area contributed by atoms with Crippen LogP contribution in [0.15, 0.2) is 12.8 Å². The van der Waals surface area contributed by atoms with Crippen LogP contribution in [0.3, 0.4) is 0 Å². The van der Waals surface area contributed by atoms with Crippen molar-refractivity contribution in [3.63, 3.8) is 0 Å². The van der Waals surface area contributed by atoms with Gasteiger partial charge < -0.3 is 4.74 Å². The number of ether oxygens (including phenoxy) is 1. The Morgan fingerprint density at radius 1 is 1.73 bits per heavy atom. The summed E-state index contributed by atoms with van der Waals surface area (Å²) in [5, 5.41) is 0. The highest BCUT2D eigenvalue weighted by molar-refractivity contribution is 8.00. The lowest BCUT2D eigenvalue weighted by atomic mass is 10.1. The van der Waals surface area contributed by atoms with E-state index < -0.39 is 14.6 Å². The van der Waals surface area contributed by atoms with Gasteiger partial charge in [0.05, 0.1) is 12.0 Å². The zero-order valence-electron chi connectivity index (χ0n) is 6.54. The van der Waals surface area contributed by atoms with E-state index in [1.165, 1.54) is 6.26 Å². The second kappa shape index (κ2) is 2.52. The molecule has 3 nitrogen and oxygen atoms in total. The molecule has 1 atom stereocenters. The molecule has 4 heteroatoms. The van der Waals surface area contributed by atoms with E-state index in [2.05, 4.69) is 6.58 Å². The van der Waals surface area contributed by atoms with Crippen molar-refractivity contribution in [2.45, 2.75) is 18.1 Å². The standard InChI is InChI=1S/C7H12O3S/c1-3-7(5-10-4-2)6-11(7,8)9/h4H,2-3,5-6H2,1H3. The highest BCUT2D eigenvalue weighted by atomic mass is 32.2. The highest BCUT2D eigenvalue weighted by Gasteiger charge is 2.60. The van der Waals surface area contributed by atoms with Gasteiger partial charge in [-0.15, -0.1) is 0 Å². The van der Waals surface area contributed by atoms with Crippen LogP contribution in [0.4, 0.5) is 0 Å². The van der Waals surface area contributed by atoms with E-state index in [9.17, 15) is 8.42 Å².